The third kappa shape index (κ3) is 5.01. The van der Waals surface area contributed by atoms with Crippen LogP contribution in [0.2, 0.25) is 5.15 Å². The van der Waals surface area contributed by atoms with Crippen LogP contribution in [0.3, 0.4) is 0 Å². The molecule has 4 rings (SSSR count). The van der Waals surface area contributed by atoms with E-state index in [0.717, 1.165) is 34.1 Å². The minimum absolute atomic E-state index is 0.450. The highest BCUT2D eigenvalue weighted by Crippen LogP contribution is 2.31. The Kier molecular flexibility index (Phi) is 5.57. The minimum Gasteiger partial charge on any atom is -0.182 e. The van der Waals surface area contributed by atoms with E-state index in [4.69, 9.17) is 11.6 Å². The van der Waals surface area contributed by atoms with Crippen LogP contribution in [-0.4, -0.2) is 30.0 Å². The molecule has 0 amide bonds. The van der Waals surface area contributed by atoms with Crippen LogP contribution < -0.4 is 0 Å². The topological polar surface area (TPSA) is 61.4 Å². The van der Waals surface area contributed by atoms with E-state index in [1.165, 1.54) is 25.7 Å². The highest BCUT2D eigenvalue weighted by molar-refractivity contribution is 9.13. The molecular weight excluding hydrogens is 503 g/mol. The molecule has 0 saturated heterocycles. The Morgan fingerprint density at radius 2 is 1.18 bits per heavy atom. The number of nitrogens with zero attached hydrogens (tertiary/aromatic N) is 6. The number of aromatic nitrogens is 6. The van der Waals surface area contributed by atoms with Crippen molar-refractivity contribution in [1.29, 1.82) is 0 Å². The average molecular weight is 517 g/mol. The van der Waals surface area contributed by atoms with Crippen molar-refractivity contribution in [2.24, 2.45) is 11.8 Å². The summed E-state index contributed by atoms with van der Waals surface area (Å²) in [6.45, 7) is 1.87. The maximum absolute atomic E-state index is 5.69. The van der Waals surface area contributed by atoms with E-state index < -0.39 is 0 Å². The van der Waals surface area contributed by atoms with Crippen molar-refractivity contribution < 1.29 is 0 Å². The monoisotopic (exact) mass is 514 g/mol. The van der Waals surface area contributed by atoms with Crippen molar-refractivity contribution in [2.45, 2.75) is 38.8 Å². The number of hydrogen-bond donors (Lipinski definition) is 0. The summed E-state index contributed by atoms with van der Waals surface area (Å²) in [6.07, 6.45) is 5.26. The second kappa shape index (κ2) is 7.27. The standard InChI is InChI=1S/C6H7Br2N3.C6H7BrClN3/c2*7-5-6(8)10-11(9-5)3-4-1-2-4/h2*4H,1-3H2. The minimum atomic E-state index is 0.450. The maximum Gasteiger partial charge on any atom is 0.185 e. The van der Waals surface area contributed by atoms with Gasteiger partial charge in [-0.15, -0.1) is 20.4 Å². The van der Waals surface area contributed by atoms with Gasteiger partial charge in [0.2, 0.25) is 0 Å². The van der Waals surface area contributed by atoms with Gasteiger partial charge in [0.25, 0.3) is 0 Å². The molecule has 0 atom stereocenters. The van der Waals surface area contributed by atoms with Crippen molar-refractivity contribution >= 4 is 59.4 Å². The van der Waals surface area contributed by atoms with Crippen molar-refractivity contribution in [3.8, 4) is 0 Å². The van der Waals surface area contributed by atoms with Gasteiger partial charge in [-0.1, -0.05) is 11.6 Å². The lowest BCUT2D eigenvalue weighted by molar-refractivity contribution is 0.495. The Morgan fingerprint density at radius 1 is 0.773 bits per heavy atom. The van der Waals surface area contributed by atoms with Crippen LogP contribution in [0, 0.1) is 11.8 Å². The first-order valence-corrected chi connectivity index (χ1v) is 9.79. The van der Waals surface area contributed by atoms with E-state index in [9.17, 15) is 0 Å². The van der Waals surface area contributed by atoms with E-state index in [0.29, 0.717) is 9.76 Å². The molecule has 0 bridgehead atoms. The largest absolute Gasteiger partial charge is 0.185 e. The quantitative estimate of drug-likeness (QED) is 0.607. The van der Waals surface area contributed by atoms with Crippen LogP contribution in [0.25, 0.3) is 0 Å². The highest BCUT2D eigenvalue weighted by Gasteiger charge is 2.23. The fourth-order valence-electron chi connectivity index (χ4n) is 1.84. The van der Waals surface area contributed by atoms with E-state index in [-0.39, 0.29) is 0 Å². The Bertz CT molecular complexity index is 554. The first-order valence-electron chi connectivity index (χ1n) is 7.03. The lowest BCUT2D eigenvalue weighted by atomic mass is 10.4. The molecule has 22 heavy (non-hydrogen) atoms. The Morgan fingerprint density at radius 3 is 1.55 bits per heavy atom. The molecule has 0 N–H and O–H groups in total. The predicted molar refractivity (Wildman–Crippen MR) is 93.6 cm³/mol. The molecule has 2 aromatic rings. The summed E-state index contributed by atoms with van der Waals surface area (Å²) in [4.78, 5) is 3.40. The number of hydrogen-bond acceptors (Lipinski definition) is 4. The average Bonchev–Trinajstić information content (AvgIpc) is 3.34. The van der Waals surface area contributed by atoms with Crippen LogP contribution in [0.1, 0.15) is 25.7 Å². The molecule has 2 aliphatic carbocycles. The van der Waals surface area contributed by atoms with Crippen molar-refractivity contribution in [2.75, 3.05) is 0 Å². The molecule has 2 heterocycles. The normalized spacial score (nSPS) is 17.3. The van der Waals surface area contributed by atoms with Gasteiger partial charge in [0.05, 0.1) is 13.1 Å². The Labute approximate surface area is 158 Å². The van der Waals surface area contributed by atoms with Gasteiger partial charge in [0.15, 0.2) is 19.0 Å². The fraction of sp³-hybridized carbons (Fsp3) is 0.667. The molecule has 2 aromatic heterocycles. The first kappa shape index (κ1) is 16.9. The number of rotatable bonds is 4. The van der Waals surface area contributed by atoms with Crippen LogP contribution >= 0.6 is 59.4 Å². The van der Waals surface area contributed by atoms with Gasteiger partial charge in [0, 0.05) is 0 Å². The summed E-state index contributed by atoms with van der Waals surface area (Å²) in [5, 5.41) is 16.9. The summed E-state index contributed by atoms with van der Waals surface area (Å²) >= 11 is 15.5. The van der Waals surface area contributed by atoms with E-state index in [1.54, 1.807) is 9.59 Å². The SMILES string of the molecule is Brc1nn(CC2CC2)nc1Br.Clc1nn(CC2CC2)nc1Br. The highest BCUT2D eigenvalue weighted by atomic mass is 79.9. The molecule has 0 spiro atoms. The smallest absolute Gasteiger partial charge is 0.182 e. The predicted octanol–water partition coefficient (Wildman–Crippen LogP) is 4.32. The first-order chi connectivity index (χ1) is 10.5. The molecule has 0 unspecified atom stereocenters. The van der Waals surface area contributed by atoms with Crippen LogP contribution in [0.4, 0.5) is 0 Å². The summed E-state index contributed by atoms with van der Waals surface area (Å²) in [5.41, 5.74) is 0. The van der Waals surface area contributed by atoms with Crippen molar-refractivity contribution in [3.05, 3.63) is 19.0 Å². The molecule has 10 heteroatoms. The van der Waals surface area contributed by atoms with Crippen molar-refractivity contribution in [3.63, 3.8) is 0 Å². The van der Waals surface area contributed by atoms with E-state index in [1.807, 2.05) is 0 Å². The molecule has 0 aliphatic heterocycles. The van der Waals surface area contributed by atoms with E-state index >= 15 is 0 Å². The van der Waals surface area contributed by atoms with E-state index in [2.05, 4.69) is 68.2 Å². The van der Waals surface area contributed by atoms with Gasteiger partial charge in [-0.05, 0) is 85.3 Å². The lowest BCUT2D eigenvalue weighted by Gasteiger charge is -1.93. The summed E-state index contributed by atoms with van der Waals surface area (Å²) in [6, 6.07) is 0. The summed E-state index contributed by atoms with van der Waals surface area (Å²) < 4.78 is 2.22. The zero-order chi connectivity index (χ0) is 15.7. The maximum atomic E-state index is 5.69. The van der Waals surface area contributed by atoms with Gasteiger partial charge in [0.1, 0.15) is 0 Å². The van der Waals surface area contributed by atoms with Crippen LogP contribution in [0.5, 0.6) is 0 Å². The Hall–Kier alpha value is 0.01000. The molecule has 2 aliphatic rings. The molecular formula is C12H14Br3ClN6. The summed E-state index contributed by atoms with van der Waals surface area (Å²) in [7, 11) is 0. The second-order valence-corrected chi connectivity index (χ2v) is 8.17. The third-order valence-electron chi connectivity index (χ3n) is 3.39. The van der Waals surface area contributed by atoms with Gasteiger partial charge in [-0.25, -0.2) is 0 Å². The summed E-state index contributed by atoms with van der Waals surface area (Å²) in [5.74, 6) is 1.60. The second-order valence-electron chi connectivity index (χ2n) is 5.56. The molecule has 6 nitrogen and oxygen atoms in total. The molecule has 0 aromatic carbocycles. The van der Waals surface area contributed by atoms with Gasteiger partial charge >= 0.3 is 0 Å². The third-order valence-corrected chi connectivity index (χ3v) is 6.01. The van der Waals surface area contributed by atoms with Gasteiger partial charge in [-0.2, -0.15) is 9.59 Å². The lowest BCUT2D eigenvalue weighted by Crippen LogP contribution is -2.03. The van der Waals surface area contributed by atoms with Gasteiger partial charge in [-0.3, -0.25) is 0 Å². The van der Waals surface area contributed by atoms with Crippen LogP contribution in [-0.2, 0) is 13.1 Å². The van der Waals surface area contributed by atoms with Gasteiger partial charge < -0.3 is 0 Å². The molecule has 120 valence electrons. The fourth-order valence-corrected chi connectivity index (χ4v) is 2.75. The number of halogens is 4. The molecule has 0 radical (unpaired) electrons. The zero-order valence-corrected chi connectivity index (χ0v) is 17.1. The Balaban J connectivity index is 0.000000131. The van der Waals surface area contributed by atoms with Crippen molar-refractivity contribution in [1.82, 2.24) is 30.0 Å². The molecule has 2 saturated carbocycles. The van der Waals surface area contributed by atoms with Crippen LogP contribution in [0.15, 0.2) is 13.8 Å². The molecule has 2 fully saturated rings. The zero-order valence-electron chi connectivity index (χ0n) is 11.6.